The van der Waals surface area contributed by atoms with E-state index < -0.39 is 0 Å². The van der Waals surface area contributed by atoms with Crippen LogP contribution in [0.3, 0.4) is 0 Å². The first-order chi connectivity index (χ1) is 8.51. The summed E-state index contributed by atoms with van der Waals surface area (Å²) in [6.07, 6.45) is 2.11. The zero-order valence-electron chi connectivity index (χ0n) is 10.9. The number of nitrogens with zero attached hydrogens (tertiary/aromatic N) is 2. The lowest BCUT2D eigenvalue weighted by Gasteiger charge is -1.95. The molecule has 2 aromatic heterocycles. The Morgan fingerprint density at radius 1 is 1.56 bits per heavy atom. The van der Waals surface area contributed by atoms with Crippen molar-refractivity contribution in [2.75, 3.05) is 5.73 Å². The Morgan fingerprint density at radius 3 is 2.83 bits per heavy atom. The summed E-state index contributed by atoms with van der Waals surface area (Å²) >= 11 is 1.59. The highest BCUT2D eigenvalue weighted by atomic mass is 32.1. The van der Waals surface area contributed by atoms with Gasteiger partial charge < -0.3 is 10.3 Å². The molecule has 0 amide bonds. The van der Waals surface area contributed by atoms with Gasteiger partial charge in [-0.25, -0.2) is 0 Å². The standard InChI is InChI=1S/C13H17N3OS/c1-4-7-5-8(10(14)18-7)12-15-11(16-17-12)9-6-13(9,2)3/h5,9H,4,6,14H2,1-3H3. The third-order valence-electron chi connectivity index (χ3n) is 3.66. The van der Waals surface area contributed by atoms with Gasteiger partial charge in [0.1, 0.15) is 0 Å². The molecule has 2 aromatic rings. The molecule has 1 unspecified atom stereocenters. The van der Waals surface area contributed by atoms with Crippen LogP contribution in [-0.2, 0) is 6.42 Å². The van der Waals surface area contributed by atoms with E-state index in [2.05, 4.69) is 37.0 Å². The zero-order valence-corrected chi connectivity index (χ0v) is 11.7. The maximum Gasteiger partial charge on any atom is 0.260 e. The first kappa shape index (κ1) is 11.7. The average Bonchev–Trinajstić information content (AvgIpc) is 2.74. The minimum Gasteiger partial charge on any atom is -0.390 e. The summed E-state index contributed by atoms with van der Waals surface area (Å²) in [5, 5.41) is 4.85. The lowest BCUT2D eigenvalue weighted by Crippen LogP contribution is -1.92. The van der Waals surface area contributed by atoms with Crippen molar-refractivity contribution in [2.24, 2.45) is 5.41 Å². The van der Waals surface area contributed by atoms with E-state index in [1.807, 2.05) is 0 Å². The van der Waals surface area contributed by atoms with Crippen molar-refractivity contribution in [3.63, 3.8) is 0 Å². The van der Waals surface area contributed by atoms with Gasteiger partial charge in [0.25, 0.3) is 5.89 Å². The number of hydrogen-bond donors (Lipinski definition) is 1. The monoisotopic (exact) mass is 263 g/mol. The second-order valence-electron chi connectivity index (χ2n) is 5.55. The van der Waals surface area contributed by atoms with Crippen molar-refractivity contribution in [1.29, 1.82) is 0 Å². The van der Waals surface area contributed by atoms with E-state index in [-0.39, 0.29) is 0 Å². The Hall–Kier alpha value is -1.36. The molecule has 1 aliphatic rings. The second-order valence-corrected chi connectivity index (χ2v) is 6.72. The molecule has 0 radical (unpaired) electrons. The van der Waals surface area contributed by atoms with E-state index in [0.29, 0.717) is 17.2 Å². The molecule has 0 bridgehead atoms. The number of nitrogens with two attached hydrogens (primary N) is 1. The van der Waals surface area contributed by atoms with Crippen LogP contribution in [-0.4, -0.2) is 10.1 Å². The molecule has 18 heavy (non-hydrogen) atoms. The zero-order chi connectivity index (χ0) is 12.9. The highest BCUT2D eigenvalue weighted by Crippen LogP contribution is 2.57. The van der Waals surface area contributed by atoms with Gasteiger partial charge in [0.2, 0.25) is 0 Å². The maximum atomic E-state index is 5.99. The lowest BCUT2D eigenvalue weighted by molar-refractivity contribution is 0.419. The van der Waals surface area contributed by atoms with Gasteiger partial charge in [0.15, 0.2) is 5.82 Å². The number of anilines is 1. The van der Waals surface area contributed by atoms with Crippen LogP contribution in [0.5, 0.6) is 0 Å². The molecule has 0 aromatic carbocycles. The van der Waals surface area contributed by atoms with Crippen LogP contribution in [0.25, 0.3) is 11.5 Å². The first-order valence-corrected chi connectivity index (χ1v) is 7.05. The van der Waals surface area contributed by atoms with E-state index in [1.54, 1.807) is 11.3 Å². The van der Waals surface area contributed by atoms with E-state index in [9.17, 15) is 0 Å². The van der Waals surface area contributed by atoms with Gasteiger partial charge in [0, 0.05) is 10.8 Å². The summed E-state index contributed by atoms with van der Waals surface area (Å²) in [6.45, 7) is 6.56. The van der Waals surface area contributed by atoms with Crippen molar-refractivity contribution in [3.8, 4) is 11.5 Å². The van der Waals surface area contributed by atoms with Crippen LogP contribution in [0.1, 0.15) is 43.8 Å². The molecule has 1 fully saturated rings. The van der Waals surface area contributed by atoms with Crippen LogP contribution < -0.4 is 5.73 Å². The summed E-state index contributed by atoms with van der Waals surface area (Å²) in [7, 11) is 0. The number of nitrogen functional groups attached to an aromatic ring is 1. The molecular formula is C13H17N3OS. The fourth-order valence-electron chi connectivity index (χ4n) is 2.19. The first-order valence-electron chi connectivity index (χ1n) is 6.23. The molecule has 1 atom stereocenters. The molecular weight excluding hydrogens is 246 g/mol. The van der Waals surface area contributed by atoms with Gasteiger partial charge in [-0.3, -0.25) is 0 Å². The van der Waals surface area contributed by atoms with Gasteiger partial charge in [-0.15, -0.1) is 11.3 Å². The van der Waals surface area contributed by atoms with Crippen LogP contribution >= 0.6 is 11.3 Å². The summed E-state index contributed by atoms with van der Waals surface area (Å²) < 4.78 is 5.35. The molecule has 0 aliphatic heterocycles. The molecule has 0 spiro atoms. The number of aryl methyl sites for hydroxylation is 1. The predicted octanol–water partition coefficient (Wildman–Crippen LogP) is 3.46. The minimum atomic E-state index is 0.315. The van der Waals surface area contributed by atoms with Gasteiger partial charge >= 0.3 is 0 Å². The Kier molecular flexibility index (Phi) is 2.48. The molecule has 3 rings (SSSR count). The second kappa shape index (κ2) is 3.82. The summed E-state index contributed by atoms with van der Waals surface area (Å²) in [5.74, 6) is 1.81. The topological polar surface area (TPSA) is 64.9 Å². The number of thiophene rings is 1. The fraction of sp³-hybridized carbons (Fsp3) is 0.538. The normalized spacial score (nSPS) is 21.2. The van der Waals surface area contributed by atoms with E-state index in [1.165, 1.54) is 4.88 Å². The van der Waals surface area contributed by atoms with E-state index in [4.69, 9.17) is 10.3 Å². The van der Waals surface area contributed by atoms with Crippen LogP contribution in [0.4, 0.5) is 5.00 Å². The van der Waals surface area contributed by atoms with Gasteiger partial charge in [-0.2, -0.15) is 4.98 Å². The quantitative estimate of drug-likeness (QED) is 0.921. The number of aromatic nitrogens is 2. The maximum absolute atomic E-state index is 5.99. The Labute approximate surface area is 110 Å². The van der Waals surface area contributed by atoms with Crippen molar-refractivity contribution in [3.05, 3.63) is 16.8 Å². The van der Waals surface area contributed by atoms with E-state index in [0.717, 1.165) is 29.2 Å². The number of hydrogen-bond acceptors (Lipinski definition) is 5. The summed E-state index contributed by atoms with van der Waals surface area (Å²) in [5.41, 5.74) is 7.19. The Bertz CT molecular complexity index is 585. The van der Waals surface area contributed by atoms with Crippen molar-refractivity contribution < 1.29 is 4.52 Å². The van der Waals surface area contributed by atoms with Gasteiger partial charge in [0.05, 0.1) is 10.6 Å². The van der Waals surface area contributed by atoms with Crippen LogP contribution in [0.2, 0.25) is 0 Å². The Morgan fingerprint density at radius 2 is 2.28 bits per heavy atom. The summed E-state index contributed by atoms with van der Waals surface area (Å²) in [6, 6.07) is 2.05. The molecule has 0 saturated heterocycles. The SMILES string of the molecule is CCc1cc(-c2nc(C3CC3(C)C)no2)c(N)s1. The highest BCUT2D eigenvalue weighted by Gasteiger charge is 2.49. The fourth-order valence-corrected chi connectivity index (χ4v) is 3.05. The predicted molar refractivity (Wildman–Crippen MR) is 72.5 cm³/mol. The Balaban J connectivity index is 1.91. The van der Waals surface area contributed by atoms with Crippen molar-refractivity contribution in [1.82, 2.24) is 10.1 Å². The number of rotatable bonds is 3. The minimum absolute atomic E-state index is 0.315. The van der Waals surface area contributed by atoms with Gasteiger partial charge in [-0.05, 0) is 24.3 Å². The van der Waals surface area contributed by atoms with Crippen LogP contribution in [0.15, 0.2) is 10.6 Å². The molecule has 2 heterocycles. The average molecular weight is 263 g/mol. The third kappa shape index (κ3) is 1.82. The van der Waals surface area contributed by atoms with Crippen LogP contribution in [0, 0.1) is 5.41 Å². The van der Waals surface area contributed by atoms with Gasteiger partial charge in [-0.1, -0.05) is 25.9 Å². The highest BCUT2D eigenvalue weighted by molar-refractivity contribution is 7.16. The smallest absolute Gasteiger partial charge is 0.260 e. The van der Waals surface area contributed by atoms with Crippen molar-refractivity contribution >= 4 is 16.3 Å². The van der Waals surface area contributed by atoms with Crippen molar-refractivity contribution in [2.45, 2.75) is 39.5 Å². The lowest BCUT2D eigenvalue weighted by atomic mass is 10.1. The molecule has 5 heteroatoms. The molecule has 1 saturated carbocycles. The molecule has 2 N–H and O–H groups in total. The molecule has 4 nitrogen and oxygen atoms in total. The third-order valence-corrected chi connectivity index (χ3v) is 4.77. The summed E-state index contributed by atoms with van der Waals surface area (Å²) in [4.78, 5) is 5.74. The van der Waals surface area contributed by atoms with E-state index >= 15 is 0 Å². The largest absolute Gasteiger partial charge is 0.390 e. The molecule has 96 valence electrons. The molecule has 1 aliphatic carbocycles.